The molecule has 0 saturated heterocycles. The van der Waals surface area contributed by atoms with E-state index in [0.29, 0.717) is 19.3 Å². The molecule has 0 unspecified atom stereocenters. The van der Waals surface area contributed by atoms with Gasteiger partial charge in [0.15, 0.2) is 13.7 Å². The van der Waals surface area contributed by atoms with Crippen molar-refractivity contribution in [1.82, 2.24) is 0 Å². The van der Waals surface area contributed by atoms with Crippen molar-refractivity contribution in [2.24, 2.45) is 11.3 Å². The van der Waals surface area contributed by atoms with Crippen molar-refractivity contribution in [2.45, 2.75) is 64.3 Å². The highest BCUT2D eigenvalue weighted by atomic mass is 28.4. The van der Waals surface area contributed by atoms with Crippen molar-refractivity contribution in [3.05, 3.63) is 12.7 Å². The first-order valence-electron chi connectivity index (χ1n) is 8.40. The molecule has 5 nitrogen and oxygen atoms in total. The second-order valence-corrected chi connectivity index (χ2v) is 12.9. The molecule has 0 N–H and O–H groups in total. The maximum absolute atomic E-state index is 12.4. The van der Waals surface area contributed by atoms with E-state index >= 15 is 0 Å². The monoisotopic (exact) mass is 356 g/mol. The van der Waals surface area contributed by atoms with Crippen molar-refractivity contribution in [3.8, 4) is 0 Å². The van der Waals surface area contributed by atoms with Crippen molar-refractivity contribution < 1.29 is 23.5 Å². The Morgan fingerprint density at radius 2 is 1.67 bits per heavy atom. The molecule has 1 aliphatic carbocycles. The van der Waals surface area contributed by atoms with Gasteiger partial charge in [-0.05, 0) is 43.3 Å². The first-order valence-corrected chi connectivity index (χ1v) is 11.3. The predicted octanol–water partition coefficient (Wildman–Crippen LogP) is 3.70. The van der Waals surface area contributed by atoms with Gasteiger partial charge in [0, 0.05) is 6.10 Å². The van der Waals surface area contributed by atoms with Crippen LogP contribution in [0.4, 0.5) is 0 Å². The van der Waals surface area contributed by atoms with Crippen LogP contribution in [0.1, 0.15) is 40.0 Å². The number of carbonyl (C=O) groups is 2. The van der Waals surface area contributed by atoms with Gasteiger partial charge in [-0.2, -0.15) is 0 Å². The first-order chi connectivity index (χ1) is 10.9. The molecule has 0 aliphatic heterocycles. The lowest BCUT2D eigenvalue weighted by Crippen LogP contribution is -2.45. The third-order valence-corrected chi connectivity index (χ3v) is 10.1. The Morgan fingerprint density at radius 1 is 1.17 bits per heavy atom. The van der Waals surface area contributed by atoms with Gasteiger partial charge in [0.05, 0.1) is 14.2 Å². The summed E-state index contributed by atoms with van der Waals surface area (Å²) < 4.78 is 16.4. The van der Waals surface area contributed by atoms with Gasteiger partial charge in [-0.1, -0.05) is 26.8 Å². The zero-order valence-corrected chi connectivity index (χ0v) is 17.1. The molecule has 0 bridgehead atoms. The number of hydrogen-bond acceptors (Lipinski definition) is 5. The van der Waals surface area contributed by atoms with Gasteiger partial charge < -0.3 is 13.9 Å². The van der Waals surface area contributed by atoms with Crippen LogP contribution < -0.4 is 0 Å². The van der Waals surface area contributed by atoms with Crippen molar-refractivity contribution in [2.75, 3.05) is 14.2 Å². The topological polar surface area (TPSA) is 61.8 Å². The molecule has 2 atom stereocenters. The lowest BCUT2D eigenvalue weighted by molar-refractivity contribution is -0.169. The number of methoxy groups -OCH3 is 2. The second kappa shape index (κ2) is 7.40. The second-order valence-electron chi connectivity index (χ2n) is 8.17. The quantitative estimate of drug-likeness (QED) is 0.314. The van der Waals surface area contributed by atoms with Gasteiger partial charge in [-0.25, -0.2) is 0 Å². The summed E-state index contributed by atoms with van der Waals surface area (Å²) in [7, 11) is 0.575. The summed E-state index contributed by atoms with van der Waals surface area (Å²) in [5, 5.41) is 0.0491. The van der Waals surface area contributed by atoms with E-state index in [9.17, 15) is 9.59 Å². The van der Waals surface area contributed by atoms with Gasteiger partial charge in [0.25, 0.3) is 0 Å². The standard InChI is InChI=1S/C18H32O5Si/c1-9-10-13-11-18(15(19)21-5,16(20)22-6)12-14(13)23-24(7,8)17(2,3)4/h9,13-14H,1,10-12H2,2-8H3/t13-,14+/m1/s1. The normalized spacial score (nSPS) is 23.6. The van der Waals surface area contributed by atoms with E-state index in [2.05, 4.69) is 40.4 Å². The molecule has 0 aromatic rings. The fourth-order valence-corrected chi connectivity index (χ4v) is 4.51. The van der Waals surface area contributed by atoms with Crippen LogP contribution in [0.25, 0.3) is 0 Å². The Kier molecular flexibility index (Phi) is 6.44. The Bertz CT molecular complexity index is 476. The van der Waals surface area contributed by atoms with Crippen LogP contribution in [-0.2, 0) is 23.5 Å². The number of esters is 2. The van der Waals surface area contributed by atoms with E-state index < -0.39 is 25.7 Å². The van der Waals surface area contributed by atoms with Gasteiger partial charge in [0.1, 0.15) is 0 Å². The zero-order valence-electron chi connectivity index (χ0n) is 16.1. The average Bonchev–Trinajstić information content (AvgIpc) is 2.84. The van der Waals surface area contributed by atoms with E-state index in [1.807, 2.05) is 6.08 Å². The van der Waals surface area contributed by atoms with Gasteiger partial charge in [0.2, 0.25) is 0 Å². The van der Waals surface area contributed by atoms with Crippen LogP contribution in [0.5, 0.6) is 0 Å². The number of carbonyl (C=O) groups excluding carboxylic acids is 2. The van der Waals surface area contributed by atoms with E-state index in [-0.39, 0.29) is 17.1 Å². The molecule has 0 radical (unpaired) electrons. The largest absolute Gasteiger partial charge is 0.468 e. The summed E-state index contributed by atoms with van der Waals surface area (Å²) in [5.74, 6) is -1.02. The van der Waals surface area contributed by atoms with Crippen LogP contribution in [0, 0.1) is 11.3 Å². The molecule has 6 heteroatoms. The highest BCUT2D eigenvalue weighted by molar-refractivity contribution is 6.74. The minimum absolute atomic E-state index is 0.0491. The molecule has 1 rings (SSSR count). The van der Waals surface area contributed by atoms with Crippen LogP contribution in [0.3, 0.4) is 0 Å². The summed E-state index contributed by atoms with van der Waals surface area (Å²) in [6, 6.07) is 0. The minimum atomic E-state index is -2.03. The molecule has 1 fully saturated rings. The van der Waals surface area contributed by atoms with Crippen LogP contribution >= 0.6 is 0 Å². The molecule has 138 valence electrons. The number of allylic oxidation sites excluding steroid dienone is 1. The number of ether oxygens (including phenoxy) is 2. The summed E-state index contributed by atoms with van der Waals surface area (Å²) in [6.45, 7) is 14.7. The molecule has 1 saturated carbocycles. The Balaban J connectivity index is 3.18. The van der Waals surface area contributed by atoms with E-state index in [1.54, 1.807) is 0 Å². The van der Waals surface area contributed by atoms with Crippen molar-refractivity contribution in [1.29, 1.82) is 0 Å². The summed E-state index contributed by atoms with van der Waals surface area (Å²) >= 11 is 0. The van der Waals surface area contributed by atoms with Crippen molar-refractivity contribution >= 4 is 20.3 Å². The lowest BCUT2D eigenvalue weighted by atomic mass is 9.85. The highest BCUT2D eigenvalue weighted by Gasteiger charge is 2.58. The first kappa shape index (κ1) is 20.9. The average molecular weight is 357 g/mol. The molecule has 1 aliphatic rings. The van der Waals surface area contributed by atoms with Gasteiger partial charge >= 0.3 is 11.9 Å². The molecular formula is C18H32O5Si. The molecular weight excluding hydrogens is 324 g/mol. The van der Waals surface area contributed by atoms with E-state index in [0.717, 1.165) is 0 Å². The highest BCUT2D eigenvalue weighted by Crippen LogP contribution is 2.49. The maximum Gasteiger partial charge on any atom is 0.323 e. The van der Waals surface area contributed by atoms with Crippen LogP contribution in [0.2, 0.25) is 18.1 Å². The predicted molar refractivity (Wildman–Crippen MR) is 96.1 cm³/mol. The fourth-order valence-electron chi connectivity index (χ4n) is 3.12. The Morgan fingerprint density at radius 3 is 2.04 bits per heavy atom. The maximum atomic E-state index is 12.4. The summed E-state index contributed by atoms with van der Waals surface area (Å²) in [5.41, 5.74) is -1.27. The van der Waals surface area contributed by atoms with E-state index in [1.165, 1.54) is 14.2 Å². The number of rotatable bonds is 6. The Labute approximate surface area is 146 Å². The zero-order chi connectivity index (χ0) is 18.8. The molecule has 0 heterocycles. The minimum Gasteiger partial charge on any atom is -0.468 e. The van der Waals surface area contributed by atoms with Crippen molar-refractivity contribution in [3.63, 3.8) is 0 Å². The Hall–Kier alpha value is -1.14. The lowest BCUT2D eigenvalue weighted by Gasteiger charge is -2.40. The van der Waals surface area contributed by atoms with Crippen LogP contribution in [-0.4, -0.2) is 40.6 Å². The molecule has 24 heavy (non-hydrogen) atoms. The smallest absolute Gasteiger partial charge is 0.323 e. The molecule has 0 aromatic carbocycles. The SMILES string of the molecule is C=CC[C@@H]1CC(C(=O)OC)(C(=O)OC)C[C@@H]1O[Si](C)(C)C(C)(C)C. The van der Waals surface area contributed by atoms with E-state index in [4.69, 9.17) is 13.9 Å². The third-order valence-electron chi connectivity index (χ3n) is 5.56. The summed E-state index contributed by atoms with van der Waals surface area (Å²) in [4.78, 5) is 24.8. The molecule has 0 spiro atoms. The summed E-state index contributed by atoms with van der Waals surface area (Å²) in [6.07, 6.45) is 3.00. The third kappa shape index (κ3) is 3.91. The van der Waals surface area contributed by atoms with Gasteiger partial charge in [-0.3, -0.25) is 9.59 Å². The fraction of sp³-hybridized carbons (Fsp3) is 0.778. The molecule has 0 aromatic heterocycles. The molecule has 0 amide bonds. The number of hydrogen-bond donors (Lipinski definition) is 0. The van der Waals surface area contributed by atoms with Gasteiger partial charge in [-0.15, -0.1) is 6.58 Å². The van der Waals surface area contributed by atoms with Crippen LogP contribution in [0.15, 0.2) is 12.7 Å².